The van der Waals surface area contributed by atoms with E-state index >= 15 is 0 Å². The molecule has 0 spiro atoms. The van der Waals surface area contributed by atoms with Crippen molar-refractivity contribution in [3.63, 3.8) is 0 Å². The number of fused-ring (bicyclic) bond motifs is 1. The van der Waals surface area contributed by atoms with Gasteiger partial charge in [0, 0.05) is 0 Å². The summed E-state index contributed by atoms with van der Waals surface area (Å²) in [5.74, 6) is 0. The van der Waals surface area contributed by atoms with E-state index in [1.807, 2.05) is 0 Å². The summed E-state index contributed by atoms with van der Waals surface area (Å²) in [5.41, 5.74) is -0.655. The molecule has 0 unspecified atom stereocenters. The predicted octanol–water partition coefficient (Wildman–Crippen LogP) is -1.11. The summed E-state index contributed by atoms with van der Waals surface area (Å²) in [4.78, 5) is 3.51. The van der Waals surface area contributed by atoms with Crippen LogP contribution in [0.5, 0.6) is 0 Å². The van der Waals surface area contributed by atoms with Gasteiger partial charge in [-0.15, -0.1) is 0 Å². The summed E-state index contributed by atoms with van der Waals surface area (Å²) in [6.07, 6.45) is 1.01. The molecule has 2 rings (SSSR count). The van der Waals surface area contributed by atoms with Crippen molar-refractivity contribution in [1.82, 2.24) is 4.98 Å². The van der Waals surface area contributed by atoms with Crippen molar-refractivity contribution in [2.24, 2.45) is 0 Å². The van der Waals surface area contributed by atoms with Gasteiger partial charge in [-0.2, -0.15) is 0 Å². The average molecular weight is 225 g/mol. The zero-order valence-electron chi connectivity index (χ0n) is 7.38. The Kier molecular flexibility index (Phi) is 3.82. The first-order valence-corrected chi connectivity index (χ1v) is 3.61. The van der Waals surface area contributed by atoms with Gasteiger partial charge in [0.15, 0.2) is 12.0 Å². The van der Waals surface area contributed by atoms with E-state index in [1.165, 1.54) is 12.1 Å². The van der Waals surface area contributed by atoms with Gasteiger partial charge in [-0.1, -0.05) is 17.6 Å². The van der Waals surface area contributed by atoms with Crippen molar-refractivity contribution in [1.29, 1.82) is 0 Å². The molecule has 0 amide bonds. The third kappa shape index (κ3) is 2.22. The van der Waals surface area contributed by atoms with Crippen molar-refractivity contribution in [2.45, 2.75) is 0 Å². The van der Waals surface area contributed by atoms with E-state index in [2.05, 4.69) is 4.98 Å². The Balaban J connectivity index is 0.000000980. The molecule has 1 heterocycles. The fraction of sp³-hybridized carbons (Fsp3) is 0. The predicted molar refractivity (Wildman–Crippen MR) is 42.7 cm³/mol. The van der Waals surface area contributed by atoms with Crippen LogP contribution >= 0.6 is 0 Å². The normalized spacial score (nSPS) is 11.4. The van der Waals surface area contributed by atoms with Crippen LogP contribution in [0.4, 0.5) is 12.9 Å². The Hall–Kier alpha value is 0.181. The molecule has 0 fully saturated rings. The van der Waals surface area contributed by atoms with Gasteiger partial charge in [0.2, 0.25) is 0 Å². The van der Waals surface area contributed by atoms with Crippen molar-refractivity contribution >= 4 is 23.5 Å². The van der Waals surface area contributed by atoms with Crippen LogP contribution in [-0.4, -0.2) is 12.0 Å². The van der Waals surface area contributed by atoms with Gasteiger partial charge in [0.25, 0.3) is 0 Å². The van der Waals surface area contributed by atoms with E-state index in [0.29, 0.717) is 0 Å². The first-order chi connectivity index (χ1) is 6.09. The standard InChI is InChI=1S/C7H4BF3NO.K/c9-8(10,11)5-2-1-3-6-7(5)12-4-13-6;/h1-4H;/q-1;+1. The molecule has 0 atom stereocenters. The van der Waals surface area contributed by atoms with Crippen LogP contribution in [-0.2, 0) is 0 Å². The first kappa shape index (κ1) is 12.3. The summed E-state index contributed by atoms with van der Waals surface area (Å²) < 4.78 is 41.9. The minimum Gasteiger partial charge on any atom is -0.445 e. The van der Waals surface area contributed by atoms with Crippen LogP contribution in [0.3, 0.4) is 0 Å². The van der Waals surface area contributed by atoms with Crippen LogP contribution in [0.2, 0.25) is 0 Å². The van der Waals surface area contributed by atoms with E-state index in [9.17, 15) is 12.9 Å². The van der Waals surface area contributed by atoms with Gasteiger partial charge in [-0.05, 0) is 6.07 Å². The summed E-state index contributed by atoms with van der Waals surface area (Å²) in [6, 6.07) is 3.76. The fourth-order valence-electron chi connectivity index (χ4n) is 1.17. The Bertz CT molecular complexity index is 442. The minimum absolute atomic E-state index is 0. The molecular formula is C7H4BF3KNO. The van der Waals surface area contributed by atoms with Gasteiger partial charge >= 0.3 is 58.4 Å². The van der Waals surface area contributed by atoms with Crippen molar-refractivity contribution < 1.29 is 68.7 Å². The molecule has 2 nitrogen and oxygen atoms in total. The molecule has 0 bridgehead atoms. The topological polar surface area (TPSA) is 26.0 Å². The number of rotatable bonds is 1. The van der Waals surface area contributed by atoms with Crippen LogP contribution in [0.25, 0.3) is 11.1 Å². The van der Waals surface area contributed by atoms with Gasteiger partial charge in [-0.25, -0.2) is 4.98 Å². The summed E-state index contributed by atoms with van der Waals surface area (Å²) >= 11 is 0. The molecule has 0 N–H and O–H groups in total. The molecule has 7 heteroatoms. The summed E-state index contributed by atoms with van der Waals surface area (Å²) in [5, 5.41) is 0. The molecule has 68 valence electrons. The monoisotopic (exact) mass is 225 g/mol. The van der Waals surface area contributed by atoms with E-state index in [1.54, 1.807) is 0 Å². The Labute approximate surface area is 120 Å². The van der Waals surface area contributed by atoms with Crippen molar-refractivity contribution in [2.75, 3.05) is 0 Å². The molecule has 1 aromatic heterocycles. The van der Waals surface area contributed by atoms with Gasteiger partial charge in [0.1, 0.15) is 0 Å². The zero-order valence-corrected chi connectivity index (χ0v) is 10.5. The van der Waals surface area contributed by atoms with E-state index < -0.39 is 12.4 Å². The number of hydrogen-bond acceptors (Lipinski definition) is 2. The molecule has 0 aliphatic carbocycles. The summed E-state index contributed by atoms with van der Waals surface area (Å²) in [7, 11) is 0. The van der Waals surface area contributed by atoms with Gasteiger partial charge in [0.05, 0.1) is 5.52 Å². The quantitative estimate of drug-likeness (QED) is 0.575. The first-order valence-electron chi connectivity index (χ1n) is 3.61. The third-order valence-corrected chi connectivity index (χ3v) is 1.74. The van der Waals surface area contributed by atoms with Crippen LogP contribution in [0, 0.1) is 0 Å². The second kappa shape index (κ2) is 4.36. The minimum atomic E-state index is -5.01. The number of nitrogens with zero attached hydrogens (tertiary/aromatic N) is 1. The fourth-order valence-corrected chi connectivity index (χ4v) is 1.17. The van der Waals surface area contributed by atoms with Crippen molar-refractivity contribution in [3.8, 4) is 0 Å². The Morgan fingerprint density at radius 3 is 2.57 bits per heavy atom. The van der Waals surface area contributed by atoms with Gasteiger partial charge < -0.3 is 17.4 Å². The Morgan fingerprint density at radius 1 is 1.21 bits per heavy atom. The van der Waals surface area contributed by atoms with E-state index in [0.717, 1.165) is 12.5 Å². The average Bonchev–Trinajstić information content (AvgIpc) is 2.48. The number of benzene rings is 1. The molecule has 1 aromatic carbocycles. The van der Waals surface area contributed by atoms with E-state index in [4.69, 9.17) is 4.42 Å². The maximum atomic E-state index is 12.4. The summed E-state index contributed by atoms with van der Waals surface area (Å²) in [6.45, 7) is -5.01. The SMILES string of the molecule is F[B-](F)(F)c1cccc2ocnc12.[K+]. The molecule has 0 radical (unpaired) electrons. The number of oxazole rings is 1. The maximum Gasteiger partial charge on any atom is 1.00 e. The molecule has 14 heavy (non-hydrogen) atoms. The molecule has 0 saturated carbocycles. The van der Waals surface area contributed by atoms with Crippen LogP contribution < -0.4 is 56.8 Å². The molecule has 0 saturated heterocycles. The van der Waals surface area contributed by atoms with Gasteiger partial charge in [-0.3, -0.25) is 0 Å². The Morgan fingerprint density at radius 2 is 1.93 bits per heavy atom. The number of para-hydroxylation sites is 1. The number of hydrogen-bond donors (Lipinski definition) is 0. The maximum absolute atomic E-state index is 12.4. The zero-order chi connectivity index (χ0) is 9.47. The molecular weight excluding hydrogens is 221 g/mol. The number of halogens is 3. The third-order valence-electron chi connectivity index (χ3n) is 1.74. The molecule has 0 aliphatic heterocycles. The van der Waals surface area contributed by atoms with Crippen LogP contribution in [0.15, 0.2) is 29.0 Å². The largest absolute Gasteiger partial charge is 1.00 e. The second-order valence-corrected chi connectivity index (χ2v) is 2.62. The van der Waals surface area contributed by atoms with Crippen LogP contribution in [0.1, 0.15) is 0 Å². The molecule has 2 aromatic rings. The smallest absolute Gasteiger partial charge is 0.445 e. The van der Waals surface area contributed by atoms with E-state index in [-0.39, 0.29) is 62.5 Å². The number of aromatic nitrogens is 1. The van der Waals surface area contributed by atoms with Crippen molar-refractivity contribution in [3.05, 3.63) is 24.6 Å². The molecule has 0 aliphatic rings. The second-order valence-electron chi connectivity index (χ2n) is 2.62.